The van der Waals surface area contributed by atoms with E-state index in [1.807, 2.05) is 0 Å². The lowest BCUT2D eigenvalue weighted by molar-refractivity contribution is 0.0980. The second-order valence-corrected chi connectivity index (χ2v) is 3.19. The van der Waals surface area contributed by atoms with Gasteiger partial charge in [-0.1, -0.05) is 0 Å². The van der Waals surface area contributed by atoms with Crippen LogP contribution in [-0.4, -0.2) is 32.5 Å². The Labute approximate surface area is 54.6 Å². The summed E-state index contributed by atoms with van der Waals surface area (Å²) in [6, 6.07) is 0. The second kappa shape index (κ2) is 2.56. The summed E-state index contributed by atoms with van der Waals surface area (Å²) >= 11 is 0. The molecule has 60 valence electrons. The van der Waals surface area contributed by atoms with E-state index in [4.69, 9.17) is 19.8 Å². The maximum atomic E-state index is 11.8. The van der Waals surface area contributed by atoms with Crippen LogP contribution in [0.25, 0.3) is 0 Å². The fourth-order valence-corrected chi connectivity index (χ4v) is 0.451. The van der Waals surface area contributed by atoms with Gasteiger partial charge in [0.1, 0.15) is 0 Å². The topological polar surface area (TPSA) is 98.0 Å². The van der Waals surface area contributed by atoms with E-state index in [1.165, 1.54) is 0 Å². The monoisotopic (exact) mass is 176 g/mol. The molecular weight excluding hydrogens is 172 g/mol. The smallest absolute Gasteiger partial charge is 0.423 e. The molecule has 0 aromatic heterocycles. The minimum atomic E-state index is -5.76. The van der Waals surface area contributed by atoms with Crippen molar-refractivity contribution in [3.8, 4) is 0 Å². The predicted molar refractivity (Wildman–Crippen MR) is 27.2 cm³/mol. The number of hydrogen-bond acceptors (Lipinski definition) is 3. The largest absolute Gasteiger partial charge is 0.544 e. The fourth-order valence-electron chi connectivity index (χ4n) is 0.150. The molecule has 0 aromatic rings. The van der Waals surface area contributed by atoms with Crippen molar-refractivity contribution in [2.24, 2.45) is 0 Å². The Morgan fingerprint density at radius 1 is 1.30 bits per heavy atom. The van der Waals surface area contributed by atoms with E-state index >= 15 is 0 Å². The summed E-state index contributed by atoms with van der Waals surface area (Å²) in [4.78, 5) is 15.5. The maximum absolute atomic E-state index is 11.8. The molecule has 0 heterocycles. The molecule has 0 spiro atoms. The zero-order valence-corrected chi connectivity index (χ0v) is 5.37. The molecule has 0 atom stereocenters. The Morgan fingerprint density at radius 3 is 1.60 bits per heavy atom. The first-order valence-corrected chi connectivity index (χ1v) is 3.60. The van der Waals surface area contributed by atoms with Crippen LogP contribution in [0, 0.1) is 0 Å². The van der Waals surface area contributed by atoms with Gasteiger partial charge in [-0.15, -0.1) is 0 Å². The first-order valence-electron chi connectivity index (χ1n) is 1.99. The first-order chi connectivity index (χ1) is 4.19. The predicted octanol–water partition coefficient (Wildman–Crippen LogP) is -1.23. The Balaban J connectivity index is 4.58. The highest BCUT2D eigenvalue weighted by atomic mass is 31.2. The summed E-state index contributed by atoms with van der Waals surface area (Å²) in [6.07, 6.45) is 0. The molecule has 9 heteroatoms. The Bertz CT molecular complexity index is 163. The highest BCUT2D eigenvalue weighted by Gasteiger charge is 2.59. The Kier molecular flexibility index (Phi) is 2.56. The molecule has 0 saturated heterocycles. The molecule has 10 heavy (non-hydrogen) atoms. The molecule has 5 nitrogen and oxygen atoms in total. The second-order valence-electron chi connectivity index (χ2n) is 1.51. The molecule has 0 aliphatic heterocycles. The third-order valence-corrected chi connectivity index (χ3v) is 1.71. The standard InChI is InChI=1S/CH4BF2O5P/c3-1(4,2(5)6)10(7,8)9/h5-6H,(H2,7,8,9). The van der Waals surface area contributed by atoms with E-state index in [-0.39, 0.29) is 0 Å². The van der Waals surface area contributed by atoms with Crippen LogP contribution in [0.4, 0.5) is 8.78 Å². The van der Waals surface area contributed by atoms with Gasteiger partial charge < -0.3 is 19.8 Å². The molecule has 0 bridgehead atoms. The van der Waals surface area contributed by atoms with Crippen molar-refractivity contribution < 1.29 is 33.2 Å². The summed E-state index contributed by atoms with van der Waals surface area (Å²) < 4.78 is 33.3. The molecule has 0 rings (SSSR count). The van der Waals surface area contributed by atoms with Crippen LogP contribution < -0.4 is 0 Å². The van der Waals surface area contributed by atoms with Crippen molar-refractivity contribution in [2.45, 2.75) is 5.56 Å². The lowest BCUT2D eigenvalue weighted by Gasteiger charge is -2.15. The number of halogens is 2. The molecule has 0 aliphatic carbocycles. The zero-order chi connectivity index (χ0) is 8.58. The van der Waals surface area contributed by atoms with Gasteiger partial charge in [0.2, 0.25) is 0 Å². The number of alkyl halides is 2. The zero-order valence-electron chi connectivity index (χ0n) is 4.48. The van der Waals surface area contributed by atoms with Crippen LogP contribution in [0.2, 0.25) is 0 Å². The summed E-state index contributed by atoms with van der Waals surface area (Å²) in [5, 5.41) is 15.5. The highest BCUT2D eigenvalue weighted by molar-refractivity contribution is 7.55. The van der Waals surface area contributed by atoms with Gasteiger partial charge in [-0.3, -0.25) is 4.57 Å². The van der Waals surface area contributed by atoms with E-state index in [1.54, 1.807) is 0 Å². The van der Waals surface area contributed by atoms with Crippen LogP contribution in [-0.2, 0) is 4.57 Å². The first kappa shape index (κ1) is 9.99. The molecule has 0 saturated carbocycles. The number of hydrogen-bond donors (Lipinski definition) is 4. The molecule has 0 fully saturated rings. The van der Waals surface area contributed by atoms with Crippen LogP contribution in [0.15, 0.2) is 0 Å². The Morgan fingerprint density at radius 2 is 1.60 bits per heavy atom. The average molecular weight is 176 g/mol. The Hall–Kier alpha value is -0.00506. The van der Waals surface area contributed by atoms with Crippen molar-refractivity contribution in [1.82, 2.24) is 0 Å². The lowest BCUT2D eigenvalue weighted by atomic mass is 9.93. The number of rotatable bonds is 2. The summed E-state index contributed by atoms with van der Waals surface area (Å²) in [5.74, 6) is 0. The van der Waals surface area contributed by atoms with Gasteiger partial charge in [-0.25, -0.2) is 0 Å². The molecule has 4 N–H and O–H groups in total. The fraction of sp³-hybridized carbons (Fsp3) is 1.00. The molecule has 0 radical (unpaired) electrons. The van der Waals surface area contributed by atoms with Crippen molar-refractivity contribution in [3.63, 3.8) is 0 Å². The molecule has 0 aromatic carbocycles. The highest BCUT2D eigenvalue weighted by Crippen LogP contribution is 2.52. The minimum absolute atomic E-state index is 3.34. The van der Waals surface area contributed by atoms with Crippen LogP contribution in [0.5, 0.6) is 0 Å². The molecule has 0 unspecified atom stereocenters. The molecule has 0 amide bonds. The van der Waals surface area contributed by atoms with Gasteiger partial charge in [0.15, 0.2) is 0 Å². The van der Waals surface area contributed by atoms with E-state index < -0.39 is 20.3 Å². The van der Waals surface area contributed by atoms with Crippen molar-refractivity contribution in [1.29, 1.82) is 0 Å². The van der Waals surface area contributed by atoms with Crippen molar-refractivity contribution >= 4 is 14.7 Å². The average Bonchev–Trinajstić information content (AvgIpc) is 1.62. The minimum Gasteiger partial charge on any atom is -0.423 e. The summed E-state index contributed by atoms with van der Waals surface area (Å²) in [6.45, 7) is 0. The van der Waals surface area contributed by atoms with E-state index in [2.05, 4.69) is 0 Å². The summed E-state index contributed by atoms with van der Waals surface area (Å²) in [7, 11) is -9.10. The third-order valence-electron chi connectivity index (χ3n) is 0.699. The SMILES string of the molecule is O=P(O)(O)C(F)(F)B(O)O. The van der Waals surface area contributed by atoms with Gasteiger partial charge in [0.05, 0.1) is 0 Å². The van der Waals surface area contributed by atoms with Crippen LogP contribution >= 0.6 is 7.60 Å². The van der Waals surface area contributed by atoms with Gasteiger partial charge in [-0.2, -0.15) is 8.78 Å². The third kappa shape index (κ3) is 1.74. The van der Waals surface area contributed by atoms with Gasteiger partial charge >= 0.3 is 20.3 Å². The van der Waals surface area contributed by atoms with Crippen molar-refractivity contribution in [3.05, 3.63) is 0 Å². The maximum Gasteiger partial charge on any atom is 0.544 e. The van der Waals surface area contributed by atoms with Crippen LogP contribution in [0.3, 0.4) is 0 Å². The summed E-state index contributed by atoms with van der Waals surface area (Å²) in [5.41, 5.74) is -4.78. The molecule has 0 aliphatic rings. The normalized spacial score (nSPS) is 13.4. The van der Waals surface area contributed by atoms with E-state index in [0.29, 0.717) is 0 Å². The quantitative estimate of drug-likeness (QED) is 0.311. The van der Waals surface area contributed by atoms with Gasteiger partial charge in [-0.05, 0) is 0 Å². The van der Waals surface area contributed by atoms with Crippen LogP contribution in [0.1, 0.15) is 0 Å². The van der Waals surface area contributed by atoms with Gasteiger partial charge in [0, 0.05) is 0 Å². The van der Waals surface area contributed by atoms with Crippen molar-refractivity contribution in [2.75, 3.05) is 0 Å². The van der Waals surface area contributed by atoms with E-state index in [0.717, 1.165) is 0 Å². The van der Waals surface area contributed by atoms with Gasteiger partial charge in [0.25, 0.3) is 0 Å². The van der Waals surface area contributed by atoms with E-state index in [9.17, 15) is 13.3 Å². The molecular formula is CH4BF2O5P. The lowest BCUT2D eigenvalue weighted by Crippen LogP contribution is -2.37.